The number of sulfonamides is 1. The summed E-state index contributed by atoms with van der Waals surface area (Å²) in [5, 5.41) is 0.585. The first-order valence-corrected chi connectivity index (χ1v) is 10.6. The molecule has 1 fully saturated rings. The van der Waals surface area contributed by atoms with Crippen LogP contribution in [0.1, 0.15) is 15.9 Å². The molecule has 1 saturated heterocycles. The van der Waals surface area contributed by atoms with Gasteiger partial charge in [0, 0.05) is 31.2 Å². The quantitative estimate of drug-likeness (QED) is 0.682. The van der Waals surface area contributed by atoms with Crippen LogP contribution < -0.4 is 0 Å². The minimum Gasteiger partial charge on any atom is -0.336 e. The average Bonchev–Trinajstić information content (AvgIpc) is 2.67. The summed E-state index contributed by atoms with van der Waals surface area (Å²) >= 11 is 11.9. The maximum atomic E-state index is 12.7. The van der Waals surface area contributed by atoms with Crippen LogP contribution in [0.15, 0.2) is 47.4 Å². The molecule has 0 saturated carbocycles. The van der Waals surface area contributed by atoms with Crippen LogP contribution in [0.5, 0.6) is 0 Å². The Morgan fingerprint density at radius 2 is 1.52 bits per heavy atom. The fraction of sp³-hybridized carbons (Fsp3) is 0.278. The number of nitrogens with zero attached hydrogens (tertiary/aromatic N) is 2. The number of halogens is 5. The molecule has 0 aromatic heterocycles. The van der Waals surface area contributed by atoms with Gasteiger partial charge in [-0.15, -0.1) is 0 Å². The number of hydrogen-bond donors (Lipinski definition) is 0. The molecular weight excluding hydrogens is 452 g/mol. The molecule has 0 atom stereocenters. The summed E-state index contributed by atoms with van der Waals surface area (Å²) in [5.74, 6) is -0.349. The topological polar surface area (TPSA) is 57.7 Å². The third-order valence-corrected chi connectivity index (χ3v) is 6.97. The number of amides is 1. The van der Waals surface area contributed by atoms with Crippen molar-refractivity contribution in [3.05, 3.63) is 63.6 Å². The van der Waals surface area contributed by atoms with Gasteiger partial charge in [0.25, 0.3) is 5.91 Å². The second-order valence-electron chi connectivity index (χ2n) is 6.34. The molecule has 1 heterocycles. The second kappa shape index (κ2) is 8.14. The lowest BCUT2D eigenvalue weighted by atomic mass is 10.2. The highest BCUT2D eigenvalue weighted by Crippen LogP contribution is 2.30. The van der Waals surface area contributed by atoms with Gasteiger partial charge in [-0.05, 0) is 42.5 Å². The molecular formula is C18H15Cl2F3N2O3S. The van der Waals surface area contributed by atoms with Gasteiger partial charge in [-0.25, -0.2) is 8.42 Å². The van der Waals surface area contributed by atoms with Crippen LogP contribution in [-0.4, -0.2) is 49.7 Å². The van der Waals surface area contributed by atoms with E-state index in [1.165, 1.54) is 23.1 Å². The average molecular weight is 467 g/mol. The third kappa shape index (κ3) is 4.69. The molecule has 156 valence electrons. The third-order valence-electron chi connectivity index (χ3n) is 4.51. The highest BCUT2D eigenvalue weighted by molar-refractivity contribution is 7.89. The van der Waals surface area contributed by atoms with E-state index in [1.807, 2.05) is 0 Å². The zero-order chi connectivity index (χ0) is 21.4. The van der Waals surface area contributed by atoms with Crippen molar-refractivity contribution in [1.29, 1.82) is 0 Å². The molecule has 5 nitrogen and oxygen atoms in total. The number of alkyl halides is 3. The molecule has 1 aliphatic rings. The number of hydrogen-bond acceptors (Lipinski definition) is 3. The van der Waals surface area contributed by atoms with Gasteiger partial charge in [0.05, 0.1) is 21.0 Å². The lowest BCUT2D eigenvalue weighted by Crippen LogP contribution is -2.50. The van der Waals surface area contributed by atoms with Crippen LogP contribution in [0.4, 0.5) is 13.2 Å². The zero-order valence-electron chi connectivity index (χ0n) is 14.8. The van der Waals surface area contributed by atoms with Crippen molar-refractivity contribution in [2.75, 3.05) is 26.2 Å². The van der Waals surface area contributed by atoms with Crippen molar-refractivity contribution < 1.29 is 26.4 Å². The molecule has 0 aliphatic carbocycles. The molecule has 1 amide bonds. The lowest BCUT2D eigenvalue weighted by Gasteiger charge is -2.34. The van der Waals surface area contributed by atoms with E-state index in [1.54, 1.807) is 0 Å². The van der Waals surface area contributed by atoms with Crippen molar-refractivity contribution in [1.82, 2.24) is 9.21 Å². The molecule has 2 aromatic carbocycles. The Kier molecular flexibility index (Phi) is 6.14. The summed E-state index contributed by atoms with van der Waals surface area (Å²) in [7, 11) is -3.97. The highest BCUT2D eigenvalue weighted by Gasteiger charge is 2.33. The fourth-order valence-electron chi connectivity index (χ4n) is 2.93. The first-order valence-electron chi connectivity index (χ1n) is 8.42. The summed E-state index contributed by atoms with van der Waals surface area (Å²) in [6.45, 7) is 0.274. The van der Waals surface area contributed by atoms with E-state index in [-0.39, 0.29) is 47.6 Å². The van der Waals surface area contributed by atoms with E-state index in [2.05, 4.69) is 0 Å². The van der Waals surface area contributed by atoms with Crippen LogP contribution in [0, 0.1) is 0 Å². The Morgan fingerprint density at radius 3 is 2.03 bits per heavy atom. The van der Waals surface area contributed by atoms with Crippen molar-refractivity contribution >= 4 is 39.1 Å². The molecule has 0 unspecified atom stereocenters. The van der Waals surface area contributed by atoms with Crippen LogP contribution in [0.3, 0.4) is 0 Å². The first kappa shape index (κ1) is 21.9. The van der Waals surface area contributed by atoms with Crippen molar-refractivity contribution in [3.63, 3.8) is 0 Å². The minimum atomic E-state index is -4.54. The van der Waals surface area contributed by atoms with Gasteiger partial charge in [-0.2, -0.15) is 17.5 Å². The fourth-order valence-corrected chi connectivity index (χ4v) is 4.84. The largest absolute Gasteiger partial charge is 0.416 e. The number of benzene rings is 2. The number of carbonyl (C=O) groups excluding carboxylic acids is 1. The molecule has 0 spiro atoms. The Balaban J connectivity index is 1.70. The highest BCUT2D eigenvalue weighted by atomic mass is 35.5. The molecule has 11 heteroatoms. The van der Waals surface area contributed by atoms with E-state index in [4.69, 9.17) is 23.2 Å². The van der Waals surface area contributed by atoms with Gasteiger partial charge in [-0.3, -0.25) is 4.79 Å². The zero-order valence-corrected chi connectivity index (χ0v) is 17.1. The molecule has 3 rings (SSSR count). The SMILES string of the molecule is O=C(c1ccc(Cl)cc1Cl)N1CCN(S(=O)(=O)c2ccc(C(F)(F)F)cc2)CC1. The van der Waals surface area contributed by atoms with Gasteiger partial charge in [0.15, 0.2) is 0 Å². The van der Waals surface area contributed by atoms with Crippen LogP contribution in [0.2, 0.25) is 10.0 Å². The molecule has 2 aromatic rings. The Hall–Kier alpha value is -1.81. The molecule has 0 N–H and O–H groups in total. The van der Waals surface area contributed by atoms with E-state index in [0.29, 0.717) is 5.02 Å². The molecule has 0 radical (unpaired) electrons. The summed E-state index contributed by atoms with van der Waals surface area (Å²) in [6.07, 6.45) is -4.54. The summed E-state index contributed by atoms with van der Waals surface area (Å²) in [4.78, 5) is 13.8. The van der Waals surface area contributed by atoms with Crippen molar-refractivity contribution in [2.24, 2.45) is 0 Å². The van der Waals surface area contributed by atoms with E-state index in [9.17, 15) is 26.4 Å². The lowest BCUT2D eigenvalue weighted by molar-refractivity contribution is -0.137. The van der Waals surface area contributed by atoms with Crippen LogP contribution >= 0.6 is 23.2 Å². The Morgan fingerprint density at radius 1 is 0.931 bits per heavy atom. The molecule has 29 heavy (non-hydrogen) atoms. The smallest absolute Gasteiger partial charge is 0.336 e. The molecule has 1 aliphatic heterocycles. The number of carbonyl (C=O) groups is 1. The standard InChI is InChI=1S/C18H15Cl2F3N2O3S/c19-13-3-6-15(16(20)11-13)17(26)24-7-9-25(10-8-24)29(27,28)14-4-1-12(2-5-14)18(21,22)23/h1-6,11H,7-10H2. The predicted octanol–water partition coefficient (Wildman–Crippen LogP) is 4.16. The van der Waals surface area contributed by atoms with E-state index in [0.717, 1.165) is 28.6 Å². The first-order chi connectivity index (χ1) is 13.5. The maximum absolute atomic E-state index is 12.7. The van der Waals surface area contributed by atoms with Crippen LogP contribution in [-0.2, 0) is 16.2 Å². The van der Waals surface area contributed by atoms with Gasteiger partial charge in [-0.1, -0.05) is 23.2 Å². The predicted molar refractivity (Wildman–Crippen MR) is 103 cm³/mol. The summed E-state index contributed by atoms with van der Waals surface area (Å²) in [6, 6.07) is 7.81. The monoisotopic (exact) mass is 466 g/mol. The van der Waals surface area contributed by atoms with E-state index < -0.39 is 21.8 Å². The second-order valence-corrected chi connectivity index (χ2v) is 9.12. The van der Waals surface area contributed by atoms with E-state index >= 15 is 0 Å². The minimum absolute atomic E-state index is 0.0142. The summed E-state index contributed by atoms with van der Waals surface area (Å²) in [5.41, 5.74) is -0.665. The van der Waals surface area contributed by atoms with Crippen LogP contribution in [0.25, 0.3) is 0 Å². The maximum Gasteiger partial charge on any atom is 0.416 e. The Bertz CT molecular complexity index is 1020. The van der Waals surface area contributed by atoms with Gasteiger partial charge in [0.2, 0.25) is 10.0 Å². The van der Waals surface area contributed by atoms with Crippen molar-refractivity contribution in [3.8, 4) is 0 Å². The van der Waals surface area contributed by atoms with Gasteiger partial charge in [0.1, 0.15) is 0 Å². The Labute approximate surface area is 175 Å². The normalized spacial score (nSPS) is 16.1. The van der Waals surface area contributed by atoms with Gasteiger partial charge >= 0.3 is 6.18 Å². The van der Waals surface area contributed by atoms with Gasteiger partial charge < -0.3 is 4.90 Å². The number of rotatable bonds is 3. The van der Waals surface area contributed by atoms with Crippen molar-refractivity contribution in [2.45, 2.75) is 11.1 Å². The summed E-state index contributed by atoms with van der Waals surface area (Å²) < 4.78 is 64.5. The number of piperazine rings is 1. The molecule has 0 bridgehead atoms.